The summed E-state index contributed by atoms with van der Waals surface area (Å²) in [5, 5.41) is 8.87. The van der Waals surface area contributed by atoms with Crippen molar-refractivity contribution in [2.24, 2.45) is 5.73 Å². The molecule has 1 aliphatic carbocycles. The molecule has 0 radical (unpaired) electrons. The van der Waals surface area contributed by atoms with E-state index >= 15 is 0 Å². The lowest BCUT2D eigenvalue weighted by Crippen LogP contribution is -2.50. The van der Waals surface area contributed by atoms with Crippen LogP contribution in [0.3, 0.4) is 0 Å². The van der Waals surface area contributed by atoms with Gasteiger partial charge >= 0.3 is 0 Å². The molecule has 17 heavy (non-hydrogen) atoms. The molecule has 0 bridgehead atoms. The first-order valence-electron chi connectivity index (χ1n) is 5.30. The smallest absolute Gasteiger partial charge is 0.242 e. The van der Waals surface area contributed by atoms with Crippen molar-refractivity contribution < 1.29 is 8.42 Å². The Morgan fingerprint density at radius 2 is 2.00 bits per heavy atom. The molecule has 1 aliphatic rings. The zero-order chi connectivity index (χ0) is 12.5. The van der Waals surface area contributed by atoms with Gasteiger partial charge in [0.2, 0.25) is 10.0 Å². The third kappa shape index (κ3) is 2.47. The fourth-order valence-corrected chi connectivity index (χ4v) is 3.25. The van der Waals surface area contributed by atoms with Gasteiger partial charge in [-0.15, -0.1) is 0 Å². The Balaban J connectivity index is 2.23. The van der Waals surface area contributed by atoms with Crippen molar-refractivity contribution in [3.63, 3.8) is 0 Å². The molecule has 0 heterocycles. The van der Waals surface area contributed by atoms with Crippen LogP contribution in [0, 0.1) is 11.3 Å². The van der Waals surface area contributed by atoms with Gasteiger partial charge in [-0.05, 0) is 25.0 Å². The quantitative estimate of drug-likeness (QED) is 0.809. The van der Waals surface area contributed by atoms with Gasteiger partial charge < -0.3 is 5.73 Å². The number of hydrogen-bond acceptors (Lipinski definition) is 4. The van der Waals surface area contributed by atoms with E-state index in [4.69, 9.17) is 11.0 Å². The highest BCUT2D eigenvalue weighted by Gasteiger charge is 2.31. The first kappa shape index (κ1) is 12.0. The highest BCUT2D eigenvalue weighted by Crippen LogP contribution is 2.21. The lowest BCUT2D eigenvalue weighted by atomic mass is 9.89. The van der Waals surface area contributed by atoms with E-state index in [2.05, 4.69) is 4.72 Å². The molecule has 90 valence electrons. The minimum absolute atomic E-state index is 0.0305. The number of hydrogen-bond donors (Lipinski definition) is 2. The molecule has 3 N–H and O–H groups in total. The van der Waals surface area contributed by atoms with E-state index < -0.39 is 10.0 Å². The molecular formula is C11H13N3O2S. The molecular weight excluding hydrogens is 238 g/mol. The Hall–Kier alpha value is -1.42. The van der Waals surface area contributed by atoms with Gasteiger partial charge in [0.1, 0.15) is 6.07 Å². The van der Waals surface area contributed by atoms with Gasteiger partial charge in [0.15, 0.2) is 0 Å². The maximum absolute atomic E-state index is 12.0. The molecule has 1 aromatic rings. The maximum Gasteiger partial charge on any atom is 0.242 e. The Kier molecular flexibility index (Phi) is 3.15. The summed E-state index contributed by atoms with van der Waals surface area (Å²) in [4.78, 5) is 0.0305. The molecule has 1 aromatic carbocycles. The highest BCUT2D eigenvalue weighted by molar-refractivity contribution is 7.89. The molecule has 6 heteroatoms. The van der Waals surface area contributed by atoms with Crippen LogP contribution in [-0.2, 0) is 10.0 Å². The van der Waals surface area contributed by atoms with Crippen LogP contribution in [0.4, 0.5) is 0 Å². The third-order valence-corrected chi connectivity index (χ3v) is 4.37. The average molecular weight is 251 g/mol. The Labute approximate surface area is 100 Å². The van der Waals surface area contributed by atoms with Crippen LogP contribution in [-0.4, -0.2) is 20.5 Å². The summed E-state index contributed by atoms with van der Waals surface area (Å²) in [5.41, 5.74) is 5.75. The van der Waals surface area contributed by atoms with Crippen LogP contribution < -0.4 is 10.5 Å². The standard InChI is InChI=1S/C11H13N3O2S/c12-7-8-3-1-2-4-11(8)17(15,16)14-10-5-9(13)6-10/h1-4,9-10,14H,5-6,13H2. The summed E-state index contributed by atoms with van der Waals surface area (Å²) in [5.74, 6) is 0. The fourth-order valence-electron chi connectivity index (χ4n) is 1.83. The van der Waals surface area contributed by atoms with Gasteiger partial charge in [0.05, 0.1) is 10.5 Å². The second-order valence-corrected chi connectivity index (χ2v) is 5.84. The predicted octanol–water partition coefficient (Wildman–Crippen LogP) is 0.326. The number of benzene rings is 1. The number of rotatable bonds is 3. The molecule has 0 aromatic heterocycles. The molecule has 0 unspecified atom stereocenters. The summed E-state index contributed by atoms with van der Waals surface area (Å²) in [6.07, 6.45) is 1.29. The van der Waals surface area contributed by atoms with Crippen LogP contribution in [0.5, 0.6) is 0 Å². The maximum atomic E-state index is 12.0. The van der Waals surface area contributed by atoms with Gasteiger partial charge in [0.25, 0.3) is 0 Å². The lowest BCUT2D eigenvalue weighted by Gasteiger charge is -2.32. The second kappa shape index (κ2) is 4.45. The Bertz CT molecular complexity index is 556. The van der Waals surface area contributed by atoms with Crippen molar-refractivity contribution in [2.75, 3.05) is 0 Å². The summed E-state index contributed by atoms with van der Waals surface area (Å²) in [7, 11) is -3.61. The van der Waals surface area contributed by atoms with E-state index in [-0.39, 0.29) is 22.5 Å². The van der Waals surface area contributed by atoms with Gasteiger partial charge in [-0.1, -0.05) is 12.1 Å². The highest BCUT2D eigenvalue weighted by atomic mass is 32.2. The van der Waals surface area contributed by atoms with Crippen LogP contribution >= 0.6 is 0 Å². The number of nitrogens with one attached hydrogen (secondary N) is 1. The monoisotopic (exact) mass is 251 g/mol. The van der Waals surface area contributed by atoms with Crippen molar-refractivity contribution in [1.82, 2.24) is 4.72 Å². The second-order valence-electron chi connectivity index (χ2n) is 4.16. The van der Waals surface area contributed by atoms with Gasteiger partial charge in [0, 0.05) is 12.1 Å². The van der Waals surface area contributed by atoms with E-state index in [9.17, 15) is 8.42 Å². The zero-order valence-corrected chi connectivity index (χ0v) is 9.94. The molecule has 0 saturated heterocycles. The minimum Gasteiger partial charge on any atom is -0.328 e. The fraction of sp³-hybridized carbons (Fsp3) is 0.364. The van der Waals surface area contributed by atoms with Crippen molar-refractivity contribution in [3.8, 4) is 6.07 Å². The van der Waals surface area contributed by atoms with Crippen molar-refractivity contribution in [1.29, 1.82) is 5.26 Å². The average Bonchev–Trinajstić information content (AvgIpc) is 2.26. The molecule has 5 nitrogen and oxygen atoms in total. The first-order valence-corrected chi connectivity index (χ1v) is 6.78. The minimum atomic E-state index is -3.61. The van der Waals surface area contributed by atoms with Gasteiger partial charge in [-0.3, -0.25) is 0 Å². The summed E-state index contributed by atoms with van der Waals surface area (Å²) in [6.45, 7) is 0. The molecule has 0 spiro atoms. The molecule has 2 rings (SSSR count). The van der Waals surface area contributed by atoms with Crippen LogP contribution in [0.1, 0.15) is 18.4 Å². The van der Waals surface area contributed by atoms with Crippen LogP contribution in [0.15, 0.2) is 29.2 Å². The van der Waals surface area contributed by atoms with Crippen molar-refractivity contribution >= 4 is 10.0 Å². The van der Waals surface area contributed by atoms with Gasteiger partial charge in [-0.2, -0.15) is 5.26 Å². The van der Waals surface area contributed by atoms with E-state index in [1.165, 1.54) is 12.1 Å². The van der Waals surface area contributed by atoms with Crippen LogP contribution in [0.2, 0.25) is 0 Å². The Morgan fingerprint density at radius 1 is 1.35 bits per heavy atom. The molecule has 0 aliphatic heterocycles. The largest absolute Gasteiger partial charge is 0.328 e. The first-order chi connectivity index (χ1) is 8.03. The van der Waals surface area contributed by atoms with E-state index in [1.807, 2.05) is 6.07 Å². The van der Waals surface area contributed by atoms with Crippen molar-refractivity contribution in [3.05, 3.63) is 29.8 Å². The van der Waals surface area contributed by atoms with Crippen molar-refractivity contribution in [2.45, 2.75) is 29.8 Å². The summed E-state index contributed by atoms with van der Waals surface area (Å²) < 4.78 is 26.6. The summed E-state index contributed by atoms with van der Waals surface area (Å²) >= 11 is 0. The Morgan fingerprint density at radius 3 is 2.59 bits per heavy atom. The number of nitriles is 1. The van der Waals surface area contributed by atoms with Crippen LogP contribution in [0.25, 0.3) is 0 Å². The van der Waals surface area contributed by atoms with Gasteiger partial charge in [-0.25, -0.2) is 13.1 Å². The molecule has 0 amide bonds. The number of sulfonamides is 1. The number of nitrogens with two attached hydrogens (primary N) is 1. The van der Waals surface area contributed by atoms with E-state index in [1.54, 1.807) is 12.1 Å². The summed E-state index contributed by atoms with van der Waals surface area (Å²) in [6, 6.07) is 8.00. The molecule has 0 atom stereocenters. The van der Waals surface area contributed by atoms with E-state index in [0.717, 1.165) is 0 Å². The topological polar surface area (TPSA) is 96.0 Å². The normalized spacial score (nSPS) is 23.8. The number of nitrogens with zero attached hydrogens (tertiary/aromatic N) is 1. The van der Waals surface area contributed by atoms with E-state index in [0.29, 0.717) is 12.8 Å². The molecule has 1 fully saturated rings. The predicted molar refractivity (Wildman–Crippen MR) is 62.5 cm³/mol. The third-order valence-electron chi connectivity index (χ3n) is 2.79. The molecule has 1 saturated carbocycles. The lowest BCUT2D eigenvalue weighted by molar-refractivity contribution is 0.327. The SMILES string of the molecule is N#Cc1ccccc1S(=O)(=O)NC1CC(N)C1. The zero-order valence-electron chi connectivity index (χ0n) is 9.13.